The van der Waals surface area contributed by atoms with Gasteiger partial charge in [0.1, 0.15) is 24.0 Å². The summed E-state index contributed by atoms with van der Waals surface area (Å²) in [6.07, 6.45) is 4.77. The summed E-state index contributed by atoms with van der Waals surface area (Å²) >= 11 is 0. The van der Waals surface area contributed by atoms with Crippen LogP contribution >= 0.6 is 0 Å². The molecule has 1 N–H and O–H groups in total. The minimum atomic E-state index is -0.851. The summed E-state index contributed by atoms with van der Waals surface area (Å²) < 4.78 is 15.3. The molecule has 1 amide bonds. The molecular weight excluding hydrogens is 322 g/mol. The second kappa shape index (κ2) is 8.97. The molecule has 0 saturated carbocycles. The SMILES string of the molecule is C#CCOc1ccc(C[C@H](NC(=O)OC(C)(C)C)C(=O)OC)c(C)c1. The molecule has 0 radical (unpaired) electrons. The number of methoxy groups -OCH3 is 1. The first-order chi connectivity index (χ1) is 11.7. The number of hydrogen-bond donors (Lipinski definition) is 1. The highest BCUT2D eigenvalue weighted by molar-refractivity contribution is 5.81. The number of benzene rings is 1. The van der Waals surface area contributed by atoms with E-state index in [4.69, 9.17) is 20.6 Å². The van der Waals surface area contributed by atoms with Gasteiger partial charge in [-0.1, -0.05) is 12.0 Å². The summed E-state index contributed by atoms with van der Waals surface area (Å²) in [4.78, 5) is 24.0. The van der Waals surface area contributed by atoms with Gasteiger partial charge >= 0.3 is 12.1 Å². The van der Waals surface area contributed by atoms with Gasteiger partial charge in [-0.15, -0.1) is 6.42 Å². The van der Waals surface area contributed by atoms with E-state index in [1.54, 1.807) is 26.8 Å². The number of amides is 1. The van der Waals surface area contributed by atoms with Crippen LogP contribution in [0.4, 0.5) is 4.79 Å². The third-order valence-corrected chi connectivity index (χ3v) is 3.24. The summed E-state index contributed by atoms with van der Waals surface area (Å²) in [7, 11) is 1.27. The summed E-state index contributed by atoms with van der Waals surface area (Å²) in [5.41, 5.74) is 1.13. The standard InChI is InChI=1S/C19H25NO5/c1-7-10-24-15-9-8-14(13(2)11-15)12-16(17(21)23-6)20-18(22)25-19(3,4)5/h1,8-9,11,16H,10,12H2,2-6H3,(H,20,22)/t16-/m0/s1. The molecule has 0 unspecified atom stereocenters. The van der Waals surface area contributed by atoms with E-state index >= 15 is 0 Å². The Morgan fingerprint density at radius 2 is 2.00 bits per heavy atom. The first-order valence-electron chi connectivity index (χ1n) is 7.89. The van der Waals surface area contributed by atoms with Crippen LogP contribution in [0.25, 0.3) is 0 Å². The van der Waals surface area contributed by atoms with Crippen LogP contribution in [0.3, 0.4) is 0 Å². The molecular formula is C19H25NO5. The summed E-state index contributed by atoms with van der Waals surface area (Å²) in [5.74, 6) is 2.50. The van der Waals surface area contributed by atoms with Crippen molar-refractivity contribution in [1.82, 2.24) is 5.32 Å². The van der Waals surface area contributed by atoms with Crippen LogP contribution in [-0.4, -0.2) is 37.4 Å². The largest absolute Gasteiger partial charge is 0.481 e. The first kappa shape index (κ1) is 20.4. The Morgan fingerprint density at radius 3 is 2.52 bits per heavy atom. The molecule has 0 saturated heterocycles. The average molecular weight is 347 g/mol. The molecule has 0 aliphatic carbocycles. The van der Waals surface area contributed by atoms with E-state index in [1.807, 2.05) is 19.1 Å². The maximum atomic E-state index is 12.0. The molecule has 0 fully saturated rings. The second-order valence-corrected chi connectivity index (χ2v) is 6.51. The molecule has 1 aromatic carbocycles. The molecule has 0 aliphatic rings. The maximum Gasteiger partial charge on any atom is 0.408 e. The van der Waals surface area contributed by atoms with E-state index in [9.17, 15) is 9.59 Å². The number of ether oxygens (including phenoxy) is 3. The minimum Gasteiger partial charge on any atom is -0.481 e. The molecule has 6 nitrogen and oxygen atoms in total. The van der Waals surface area contributed by atoms with Gasteiger partial charge in [0.25, 0.3) is 0 Å². The molecule has 0 aromatic heterocycles. The predicted molar refractivity (Wildman–Crippen MR) is 94.4 cm³/mol. The third kappa shape index (κ3) is 7.17. The van der Waals surface area contributed by atoms with Gasteiger partial charge in [-0.2, -0.15) is 0 Å². The smallest absolute Gasteiger partial charge is 0.408 e. The number of esters is 1. The number of carbonyl (C=O) groups excluding carboxylic acids is 2. The van der Waals surface area contributed by atoms with Crippen LogP contribution in [0.5, 0.6) is 5.75 Å². The zero-order valence-corrected chi connectivity index (χ0v) is 15.3. The van der Waals surface area contributed by atoms with Crippen molar-refractivity contribution in [3.63, 3.8) is 0 Å². The van der Waals surface area contributed by atoms with Crippen LogP contribution in [0.1, 0.15) is 31.9 Å². The van der Waals surface area contributed by atoms with Crippen molar-refractivity contribution in [3.8, 4) is 18.1 Å². The number of terminal acetylenes is 1. The van der Waals surface area contributed by atoms with E-state index in [0.717, 1.165) is 11.1 Å². The van der Waals surface area contributed by atoms with E-state index in [2.05, 4.69) is 11.2 Å². The molecule has 1 aromatic rings. The fourth-order valence-electron chi connectivity index (χ4n) is 2.12. The Hall–Kier alpha value is -2.68. The first-order valence-corrected chi connectivity index (χ1v) is 7.89. The van der Waals surface area contributed by atoms with Crippen molar-refractivity contribution in [2.24, 2.45) is 0 Å². The van der Waals surface area contributed by atoms with Crippen molar-refractivity contribution in [2.45, 2.75) is 45.8 Å². The van der Waals surface area contributed by atoms with Gasteiger partial charge in [-0.3, -0.25) is 0 Å². The fourth-order valence-corrected chi connectivity index (χ4v) is 2.12. The van der Waals surface area contributed by atoms with E-state index in [-0.39, 0.29) is 13.0 Å². The highest BCUT2D eigenvalue weighted by atomic mass is 16.6. The van der Waals surface area contributed by atoms with Crippen LogP contribution in [0, 0.1) is 19.3 Å². The Kier molecular flexibility index (Phi) is 7.31. The summed E-state index contributed by atoms with van der Waals surface area (Å²) in [5, 5.41) is 2.56. The zero-order chi connectivity index (χ0) is 19.0. The monoisotopic (exact) mass is 347 g/mol. The van der Waals surface area contributed by atoms with Gasteiger partial charge < -0.3 is 19.5 Å². The molecule has 1 rings (SSSR count). The highest BCUT2D eigenvalue weighted by Gasteiger charge is 2.25. The van der Waals surface area contributed by atoms with Crippen molar-refractivity contribution in [2.75, 3.05) is 13.7 Å². The molecule has 0 bridgehead atoms. The van der Waals surface area contributed by atoms with E-state index < -0.39 is 23.7 Å². The van der Waals surface area contributed by atoms with Gasteiger partial charge in [0, 0.05) is 6.42 Å². The van der Waals surface area contributed by atoms with Gasteiger partial charge in [0.15, 0.2) is 0 Å². The number of carbonyl (C=O) groups is 2. The average Bonchev–Trinajstić information content (AvgIpc) is 2.51. The summed E-state index contributed by atoms with van der Waals surface area (Å²) in [6, 6.07) is 4.57. The lowest BCUT2D eigenvalue weighted by Gasteiger charge is -2.23. The lowest BCUT2D eigenvalue weighted by atomic mass is 10.0. The predicted octanol–water partition coefficient (Wildman–Crippen LogP) is 2.62. The maximum absolute atomic E-state index is 12.0. The highest BCUT2D eigenvalue weighted by Crippen LogP contribution is 2.19. The van der Waals surface area contributed by atoms with Gasteiger partial charge in [-0.05, 0) is 51.0 Å². The molecule has 0 spiro atoms. The molecule has 0 heterocycles. The van der Waals surface area contributed by atoms with Gasteiger partial charge in [0.2, 0.25) is 0 Å². The number of nitrogens with one attached hydrogen (secondary N) is 1. The van der Waals surface area contributed by atoms with Crippen molar-refractivity contribution >= 4 is 12.1 Å². The lowest BCUT2D eigenvalue weighted by Crippen LogP contribution is -2.45. The van der Waals surface area contributed by atoms with Crippen LogP contribution in [0.2, 0.25) is 0 Å². The van der Waals surface area contributed by atoms with Crippen LogP contribution in [-0.2, 0) is 20.7 Å². The zero-order valence-electron chi connectivity index (χ0n) is 15.3. The number of alkyl carbamates (subject to hydrolysis) is 1. The Bertz CT molecular complexity index is 655. The third-order valence-electron chi connectivity index (χ3n) is 3.24. The number of rotatable bonds is 6. The molecule has 6 heteroatoms. The van der Waals surface area contributed by atoms with Crippen molar-refractivity contribution in [3.05, 3.63) is 29.3 Å². The molecule has 25 heavy (non-hydrogen) atoms. The quantitative estimate of drug-likeness (QED) is 0.632. The van der Waals surface area contributed by atoms with E-state index in [0.29, 0.717) is 5.75 Å². The lowest BCUT2D eigenvalue weighted by molar-refractivity contribution is -0.143. The molecule has 0 aliphatic heterocycles. The second-order valence-electron chi connectivity index (χ2n) is 6.51. The Labute approximate surface area is 148 Å². The minimum absolute atomic E-state index is 0.184. The topological polar surface area (TPSA) is 73.9 Å². The van der Waals surface area contributed by atoms with Crippen molar-refractivity contribution < 1.29 is 23.8 Å². The van der Waals surface area contributed by atoms with Crippen LogP contribution < -0.4 is 10.1 Å². The Balaban J connectivity index is 2.87. The van der Waals surface area contributed by atoms with E-state index in [1.165, 1.54) is 7.11 Å². The number of aryl methyl sites for hydroxylation is 1. The number of hydrogen-bond acceptors (Lipinski definition) is 5. The van der Waals surface area contributed by atoms with Gasteiger partial charge in [0.05, 0.1) is 7.11 Å². The summed E-state index contributed by atoms with van der Waals surface area (Å²) in [6.45, 7) is 7.32. The van der Waals surface area contributed by atoms with Crippen molar-refractivity contribution in [1.29, 1.82) is 0 Å². The fraction of sp³-hybridized carbons (Fsp3) is 0.474. The van der Waals surface area contributed by atoms with Gasteiger partial charge in [-0.25, -0.2) is 9.59 Å². The Morgan fingerprint density at radius 1 is 1.32 bits per heavy atom. The molecule has 1 atom stereocenters. The van der Waals surface area contributed by atoms with Crippen LogP contribution in [0.15, 0.2) is 18.2 Å². The molecule has 136 valence electrons. The normalized spacial score (nSPS) is 11.8.